The van der Waals surface area contributed by atoms with E-state index < -0.39 is 18.0 Å². The molecule has 1 amide bonds. The minimum Gasteiger partial charge on any atom is -0.449 e. The van der Waals surface area contributed by atoms with Gasteiger partial charge < -0.3 is 10.1 Å². The van der Waals surface area contributed by atoms with Crippen molar-refractivity contribution in [1.29, 1.82) is 0 Å². The zero-order valence-electron chi connectivity index (χ0n) is 14.4. The van der Waals surface area contributed by atoms with Crippen molar-refractivity contribution in [2.75, 3.05) is 5.32 Å². The van der Waals surface area contributed by atoms with Crippen molar-refractivity contribution in [2.24, 2.45) is 0 Å². The summed E-state index contributed by atoms with van der Waals surface area (Å²) >= 11 is 12.0. The summed E-state index contributed by atoms with van der Waals surface area (Å²) in [6.45, 7) is 7.31. The molecule has 0 aliphatic carbocycles. The predicted molar refractivity (Wildman–Crippen MR) is 101 cm³/mol. The second-order valence-electron chi connectivity index (χ2n) is 5.91. The van der Waals surface area contributed by atoms with Crippen molar-refractivity contribution in [3.63, 3.8) is 0 Å². The van der Waals surface area contributed by atoms with Crippen LogP contribution in [0.5, 0.6) is 0 Å². The minimum absolute atomic E-state index is 0.0492. The number of amides is 1. The number of esters is 1. The number of hydrogen-bond acceptors (Lipinski definition) is 3. The first-order valence-electron chi connectivity index (χ1n) is 7.74. The number of anilines is 1. The van der Waals surface area contributed by atoms with Crippen molar-refractivity contribution < 1.29 is 14.3 Å². The van der Waals surface area contributed by atoms with Gasteiger partial charge in [-0.05, 0) is 51.0 Å². The van der Waals surface area contributed by atoms with Gasteiger partial charge in [-0.15, -0.1) is 0 Å². The van der Waals surface area contributed by atoms with Gasteiger partial charge >= 0.3 is 5.97 Å². The summed E-state index contributed by atoms with van der Waals surface area (Å²) in [5.41, 5.74) is 3.76. The Bertz CT molecular complexity index is 790. The zero-order chi connectivity index (χ0) is 18.7. The predicted octanol–water partition coefficient (Wildman–Crippen LogP) is 5.10. The fraction of sp³-hybridized carbons (Fsp3) is 0.263. The molecule has 2 aromatic rings. The van der Waals surface area contributed by atoms with Gasteiger partial charge in [-0.1, -0.05) is 47.0 Å². The van der Waals surface area contributed by atoms with E-state index in [1.807, 2.05) is 32.9 Å². The van der Waals surface area contributed by atoms with Crippen LogP contribution >= 0.6 is 23.2 Å². The lowest BCUT2D eigenvalue weighted by molar-refractivity contribution is -0.123. The smallest absolute Gasteiger partial charge is 0.341 e. The molecule has 0 fully saturated rings. The van der Waals surface area contributed by atoms with Crippen LogP contribution in [0, 0.1) is 20.8 Å². The summed E-state index contributed by atoms with van der Waals surface area (Å²) in [6, 6.07) is 8.65. The molecular weight excluding hydrogens is 361 g/mol. The molecule has 0 aliphatic heterocycles. The van der Waals surface area contributed by atoms with Crippen LogP contribution in [0.4, 0.5) is 5.69 Å². The van der Waals surface area contributed by atoms with Crippen LogP contribution < -0.4 is 5.32 Å². The molecule has 2 rings (SSSR count). The summed E-state index contributed by atoms with van der Waals surface area (Å²) in [5.74, 6) is -1.16. The second-order valence-corrected chi connectivity index (χ2v) is 6.72. The molecule has 4 nitrogen and oxygen atoms in total. The number of hydrogen-bond donors (Lipinski definition) is 1. The Kier molecular flexibility index (Phi) is 6.09. The molecule has 0 aliphatic rings. The van der Waals surface area contributed by atoms with Gasteiger partial charge in [0.05, 0.1) is 15.6 Å². The van der Waals surface area contributed by atoms with Crippen molar-refractivity contribution in [3.8, 4) is 0 Å². The summed E-state index contributed by atoms with van der Waals surface area (Å²) in [6.07, 6.45) is -1.00. The average molecular weight is 380 g/mol. The zero-order valence-corrected chi connectivity index (χ0v) is 16.0. The maximum absolute atomic E-state index is 12.4. The number of benzene rings is 2. The monoisotopic (exact) mass is 379 g/mol. The molecule has 0 saturated heterocycles. The highest BCUT2D eigenvalue weighted by molar-refractivity contribution is 6.39. The normalized spacial score (nSPS) is 11.8. The number of rotatable bonds is 4. The van der Waals surface area contributed by atoms with Crippen LogP contribution in [-0.4, -0.2) is 18.0 Å². The second kappa shape index (κ2) is 7.89. The van der Waals surface area contributed by atoms with Gasteiger partial charge in [-0.25, -0.2) is 4.79 Å². The van der Waals surface area contributed by atoms with E-state index in [2.05, 4.69) is 5.32 Å². The first-order chi connectivity index (χ1) is 11.7. The number of ether oxygens (including phenoxy) is 1. The summed E-state index contributed by atoms with van der Waals surface area (Å²) in [7, 11) is 0. The molecule has 0 heterocycles. The SMILES string of the molecule is Cc1cc(C)c(NC(=O)[C@H](C)OC(=O)c2c(Cl)cccc2Cl)c(C)c1. The Hall–Kier alpha value is -2.04. The highest BCUT2D eigenvalue weighted by Gasteiger charge is 2.23. The lowest BCUT2D eigenvalue weighted by atomic mass is 10.0. The molecule has 2 aromatic carbocycles. The molecule has 1 atom stereocenters. The third-order valence-corrected chi connectivity index (χ3v) is 4.38. The van der Waals surface area contributed by atoms with E-state index in [4.69, 9.17) is 27.9 Å². The van der Waals surface area contributed by atoms with Crippen LogP contribution in [0.15, 0.2) is 30.3 Å². The van der Waals surface area contributed by atoms with Gasteiger partial charge in [-0.3, -0.25) is 4.79 Å². The Balaban J connectivity index is 2.12. The van der Waals surface area contributed by atoms with Gasteiger partial charge in [0, 0.05) is 5.69 Å². The number of aryl methyl sites for hydroxylation is 3. The number of carbonyl (C=O) groups is 2. The molecule has 25 heavy (non-hydrogen) atoms. The number of halogens is 2. The minimum atomic E-state index is -1.00. The van der Waals surface area contributed by atoms with Gasteiger partial charge in [-0.2, -0.15) is 0 Å². The van der Waals surface area contributed by atoms with E-state index in [0.29, 0.717) is 5.69 Å². The lowest BCUT2D eigenvalue weighted by Gasteiger charge is -2.17. The highest BCUT2D eigenvalue weighted by atomic mass is 35.5. The molecule has 0 spiro atoms. The van der Waals surface area contributed by atoms with E-state index in [1.165, 1.54) is 19.1 Å². The molecule has 0 unspecified atom stereocenters. The topological polar surface area (TPSA) is 55.4 Å². The standard InChI is InChI=1S/C19H19Cl2NO3/c1-10-8-11(2)17(12(3)9-10)22-18(23)13(4)25-19(24)16-14(20)6-5-7-15(16)21/h5-9,13H,1-4H3,(H,22,23)/t13-/m0/s1. The first-order valence-corrected chi connectivity index (χ1v) is 8.50. The third-order valence-electron chi connectivity index (χ3n) is 3.75. The highest BCUT2D eigenvalue weighted by Crippen LogP contribution is 2.26. The Morgan fingerprint density at radius 1 is 1.04 bits per heavy atom. The van der Waals surface area contributed by atoms with E-state index in [0.717, 1.165) is 16.7 Å². The molecule has 0 aromatic heterocycles. The van der Waals surface area contributed by atoms with Crippen molar-refractivity contribution >= 4 is 40.8 Å². The largest absolute Gasteiger partial charge is 0.449 e. The molecule has 132 valence electrons. The van der Waals surface area contributed by atoms with Crippen LogP contribution in [0.2, 0.25) is 10.0 Å². The van der Waals surface area contributed by atoms with Gasteiger partial charge in [0.15, 0.2) is 6.10 Å². The first kappa shape index (κ1) is 19.3. The third kappa shape index (κ3) is 4.53. The fourth-order valence-electron chi connectivity index (χ4n) is 2.57. The Labute approximate surface area is 157 Å². The van der Waals surface area contributed by atoms with Crippen LogP contribution in [-0.2, 0) is 9.53 Å². The maximum atomic E-state index is 12.4. The fourth-order valence-corrected chi connectivity index (χ4v) is 3.12. The summed E-state index contributed by atoms with van der Waals surface area (Å²) in [4.78, 5) is 24.6. The Morgan fingerprint density at radius 3 is 2.08 bits per heavy atom. The van der Waals surface area contributed by atoms with Crippen molar-refractivity contribution in [1.82, 2.24) is 0 Å². The molecule has 0 radical (unpaired) electrons. The van der Waals surface area contributed by atoms with E-state index in [1.54, 1.807) is 6.07 Å². The van der Waals surface area contributed by atoms with E-state index in [-0.39, 0.29) is 15.6 Å². The van der Waals surface area contributed by atoms with Gasteiger partial charge in [0.25, 0.3) is 5.91 Å². The van der Waals surface area contributed by atoms with Gasteiger partial charge in [0.2, 0.25) is 0 Å². The molecule has 0 saturated carbocycles. The van der Waals surface area contributed by atoms with Crippen molar-refractivity contribution in [3.05, 3.63) is 62.6 Å². The van der Waals surface area contributed by atoms with E-state index >= 15 is 0 Å². The maximum Gasteiger partial charge on any atom is 0.341 e. The number of nitrogens with one attached hydrogen (secondary N) is 1. The van der Waals surface area contributed by atoms with E-state index in [9.17, 15) is 9.59 Å². The quantitative estimate of drug-likeness (QED) is 0.751. The Morgan fingerprint density at radius 2 is 1.56 bits per heavy atom. The molecule has 0 bridgehead atoms. The number of carbonyl (C=O) groups excluding carboxylic acids is 2. The molecular formula is C19H19Cl2NO3. The van der Waals surface area contributed by atoms with Gasteiger partial charge in [0.1, 0.15) is 0 Å². The average Bonchev–Trinajstić information content (AvgIpc) is 2.50. The molecule has 6 heteroatoms. The summed E-state index contributed by atoms with van der Waals surface area (Å²) < 4.78 is 5.22. The molecule has 1 N–H and O–H groups in total. The van der Waals surface area contributed by atoms with Crippen LogP contribution in [0.1, 0.15) is 34.0 Å². The summed E-state index contributed by atoms with van der Waals surface area (Å²) in [5, 5.41) is 3.16. The van der Waals surface area contributed by atoms with Crippen LogP contribution in [0.3, 0.4) is 0 Å². The lowest BCUT2D eigenvalue weighted by Crippen LogP contribution is -2.30. The van der Waals surface area contributed by atoms with Crippen molar-refractivity contribution in [2.45, 2.75) is 33.8 Å². The van der Waals surface area contributed by atoms with Crippen LogP contribution in [0.25, 0.3) is 0 Å².